The third kappa shape index (κ3) is 66.2. The lowest BCUT2D eigenvalue weighted by molar-refractivity contribution is -0.167. The van der Waals surface area contributed by atoms with E-state index in [9.17, 15) is 14.4 Å². The number of hydrogen-bond acceptors (Lipinski definition) is 6. The van der Waals surface area contributed by atoms with Crippen molar-refractivity contribution >= 4 is 17.9 Å². The second-order valence-corrected chi connectivity index (χ2v) is 22.0. The summed E-state index contributed by atoms with van der Waals surface area (Å²) < 4.78 is 16.9. The van der Waals surface area contributed by atoms with Crippen molar-refractivity contribution in [1.29, 1.82) is 0 Å². The summed E-state index contributed by atoms with van der Waals surface area (Å²) in [6.45, 7) is 6.47. The van der Waals surface area contributed by atoms with E-state index in [1.165, 1.54) is 128 Å². The van der Waals surface area contributed by atoms with Crippen molar-refractivity contribution < 1.29 is 28.6 Å². The molecule has 1 unspecified atom stereocenters. The summed E-state index contributed by atoms with van der Waals surface area (Å²) >= 11 is 0. The predicted molar refractivity (Wildman–Crippen MR) is 353 cm³/mol. The molecule has 0 amide bonds. The van der Waals surface area contributed by atoms with E-state index in [1.54, 1.807) is 0 Å². The van der Waals surface area contributed by atoms with Gasteiger partial charge in [-0.1, -0.05) is 302 Å². The van der Waals surface area contributed by atoms with Crippen LogP contribution in [-0.4, -0.2) is 37.2 Å². The van der Waals surface area contributed by atoms with Crippen LogP contribution in [0.2, 0.25) is 0 Å². The maximum absolute atomic E-state index is 12.9. The first-order valence-electron chi connectivity index (χ1n) is 33.7. The van der Waals surface area contributed by atoms with Crippen LogP contribution < -0.4 is 0 Å². The molecule has 0 N–H and O–H groups in total. The van der Waals surface area contributed by atoms with Gasteiger partial charge >= 0.3 is 17.9 Å². The summed E-state index contributed by atoms with van der Waals surface area (Å²) in [7, 11) is 0. The Kier molecular flexibility index (Phi) is 64.3. The van der Waals surface area contributed by atoms with Crippen LogP contribution in [0.15, 0.2) is 134 Å². The molecule has 0 spiro atoms. The van der Waals surface area contributed by atoms with Gasteiger partial charge in [0.05, 0.1) is 0 Å². The van der Waals surface area contributed by atoms with Gasteiger partial charge in [0, 0.05) is 19.3 Å². The zero-order valence-electron chi connectivity index (χ0n) is 52.8. The number of carbonyl (C=O) groups excluding carboxylic acids is 3. The number of unbranched alkanes of at least 4 members (excludes halogenated alkanes) is 27. The summed E-state index contributed by atoms with van der Waals surface area (Å²) in [4.78, 5) is 38.4. The number of ether oxygens (including phenoxy) is 3. The lowest BCUT2D eigenvalue weighted by atomic mass is 10.0. The van der Waals surface area contributed by atoms with E-state index in [0.29, 0.717) is 19.3 Å². The first-order valence-corrected chi connectivity index (χ1v) is 33.7. The van der Waals surface area contributed by atoms with Crippen LogP contribution in [0.3, 0.4) is 0 Å². The molecule has 460 valence electrons. The number of esters is 3. The average Bonchev–Trinajstić information content (AvgIpc) is 3.47. The highest BCUT2D eigenvalue weighted by Crippen LogP contribution is 2.16. The van der Waals surface area contributed by atoms with Crippen LogP contribution in [0, 0.1) is 0 Å². The Labute approximate surface area is 500 Å². The summed E-state index contributed by atoms with van der Waals surface area (Å²) in [5.74, 6) is -0.971. The lowest BCUT2D eigenvalue weighted by Crippen LogP contribution is -2.30. The van der Waals surface area contributed by atoms with Gasteiger partial charge < -0.3 is 14.2 Å². The molecule has 0 bridgehead atoms. The zero-order valence-corrected chi connectivity index (χ0v) is 52.8. The van der Waals surface area contributed by atoms with E-state index in [0.717, 1.165) is 128 Å². The first-order chi connectivity index (χ1) is 40.0. The topological polar surface area (TPSA) is 78.9 Å². The first kappa shape index (κ1) is 76.5. The highest BCUT2D eigenvalue weighted by Gasteiger charge is 2.19. The van der Waals surface area contributed by atoms with Crippen LogP contribution in [-0.2, 0) is 28.6 Å². The molecule has 0 aliphatic carbocycles. The largest absolute Gasteiger partial charge is 0.462 e. The van der Waals surface area contributed by atoms with E-state index in [2.05, 4.69) is 154 Å². The Morgan fingerprint density at radius 2 is 0.494 bits per heavy atom. The lowest BCUT2D eigenvalue weighted by Gasteiger charge is -2.18. The van der Waals surface area contributed by atoms with E-state index in [1.807, 2.05) is 0 Å². The fraction of sp³-hybridized carbons (Fsp3) is 0.667. The monoisotopic (exact) mass is 1120 g/mol. The molecule has 0 heterocycles. The highest BCUT2D eigenvalue weighted by atomic mass is 16.6. The Balaban J connectivity index is 4.47. The highest BCUT2D eigenvalue weighted by molar-refractivity contribution is 5.71. The zero-order chi connectivity index (χ0) is 58.5. The molecule has 0 rings (SSSR count). The summed E-state index contributed by atoms with van der Waals surface area (Å²) in [5, 5.41) is 0. The second-order valence-electron chi connectivity index (χ2n) is 22.0. The fourth-order valence-corrected chi connectivity index (χ4v) is 9.12. The molecular formula is C75H124O6. The minimum atomic E-state index is -0.812. The van der Waals surface area contributed by atoms with Gasteiger partial charge in [-0.15, -0.1) is 0 Å². The molecular weight excluding hydrogens is 997 g/mol. The molecule has 6 nitrogen and oxygen atoms in total. The Morgan fingerprint density at radius 3 is 0.815 bits per heavy atom. The van der Waals surface area contributed by atoms with Crippen molar-refractivity contribution in [3.05, 3.63) is 134 Å². The van der Waals surface area contributed by atoms with Gasteiger partial charge in [-0.2, -0.15) is 0 Å². The molecule has 81 heavy (non-hydrogen) atoms. The van der Waals surface area contributed by atoms with Crippen molar-refractivity contribution in [3.8, 4) is 0 Å². The number of rotatable bonds is 60. The quantitative estimate of drug-likeness (QED) is 0.0261. The van der Waals surface area contributed by atoms with Crippen LogP contribution in [0.4, 0.5) is 0 Å². The van der Waals surface area contributed by atoms with Crippen molar-refractivity contribution in [1.82, 2.24) is 0 Å². The number of hydrogen-bond donors (Lipinski definition) is 0. The van der Waals surface area contributed by atoms with Gasteiger partial charge in [0.25, 0.3) is 0 Å². The van der Waals surface area contributed by atoms with E-state index in [-0.39, 0.29) is 37.5 Å². The van der Waals surface area contributed by atoms with Crippen molar-refractivity contribution in [3.63, 3.8) is 0 Å². The molecule has 0 saturated carbocycles. The average molecular weight is 1120 g/mol. The molecule has 0 saturated heterocycles. The molecule has 0 aromatic carbocycles. The van der Waals surface area contributed by atoms with Crippen LogP contribution in [0.1, 0.15) is 303 Å². The third-order valence-corrected chi connectivity index (χ3v) is 14.1. The van der Waals surface area contributed by atoms with Gasteiger partial charge in [0.1, 0.15) is 13.2 Å². The van der Waals surface area contributed by atoms with Crippen molar-refractivity contribution in [2.75, 3.05) is 13.2 Å². The van der Waals surface area contributed by atoms with E-state index < -0.39 is 6.10 Å². The Morgan fingerprint density at radius 1 is 0.259 bits per heavy atom. The third-order valence-electron chi connectivity index (χ3n) is 14.1. The van der Waals surface area contributed by atoms with Crippen LogP contribution >= 0.6 is 0 Å². The Bertz CT molecular complexity index is 1720. The predicted octanol–water partition coefficient (Wildman–Crippen LogP) is 23.3. The molecule has 1 atom stereocenters. The molecule has 0 aromatic rings. The number of carbonyl (C=O) groups is 3. The SMILES string of the molecule is CC/C=C\C/C=C\C/C=C\C/C=C\C/C=C\C/C=C\C/C=C\C/C=C\C/C=C\CCCC(=O)OCC(COC(=O)CCCCCCC/C=C\C/C=C\CCCCCC)OC(=O)CCCCCCCCCCCCCCCCCCCC. The maximum Gasteiger partial charge on any atom is 0.306 e. The van der Waals surface area contributed by atoms with Gasteiger partial charge in [0.15, 0.2) is 6.10 Å². The van der Waals surface area contributed by atoms with Gasteiger partial charge in [-0.25, -0.2) is 0 Å². The molecule has 0 aliphatic rings. The van der Waals surface area contributed by atoms with Crippen molar-refractivity contribution in [2.24, 2.45) is 0 Å². The van der Waals surface area contributed by atoms with Gasteiger partial charge in [-0.3, -0.25) is 14.4 Å². The van der Waals surface area contributed by atoms with Gasteiger partial charge in [-0.05, 0) is 116 Å². The number of allylic oxidation sites excluding steroid dienone is 22. The smallest absolute Gasteiger partial charge is 0.306 e. The minimum absolute atomic E-state index is 0.104. The van der Waals surface area contributed by atoms with Gasteiger partial charge in [0.2, 0.25) is 0 Å². The Hall–Kier alpha value is -4.45. The fourth-order valence-electron chi connectivity index (χ4n) is 9.12. The summed E-state index contributed by atoms with van der Waals surface area (Å²) in [5.41, 5.74) is 0. The minimum Gasteiger partial charge on any atom is -0.462 e. The summed E-state index contributed by atoms with van der Waals surface area (Å²) in [6, 6.07) is 0. The van der Waals surface area contributed by atoms with E-state index in [4.69, 9.17) is 14.2 Å². The molecule has 0 radical (unpaired) electrons. The van der Waals surface area contributed by atoms with E-state index >= 15 is 0 Å². The molecule has 0 aromatic heterocycles. The second kappa shape index (κ2) is 68.1. The van der Waals surface area contributed by atoms with Crippen LogP contribution in [0.5, 0.6) is 0 Å². The maximum atomic E-state index is 12.9. The van der Waals surface area contributed by atoms with Crippen molar-refractivity contribution in [2.45, 2.75) is 309 Å². The normalized spacial score (nSPS) is 13.0. The molecule has 6 heteroatoms. The summed E-state index contributed by atoms with van der Waals surface area (Å²) in [6.07, 6.45) is 96.1. The van der Waals surface area contributed by atoms with Crippen LogP contribution in [0.25, 0.3) is 0 Å². The molecule has 0 aliphatic heterocycles. The molecule has 0 fully saturated rings. The standard InChI is InChI=1S/C75H124O6/c1-4-7-10-13-16-19-22-25-28-31-33-34-35-36-37-38-39-40-41-42-43-45-47-50-53-56-59-62-65-68-74(77)80-71-72(70-79-73(76)67-64-61-58-55-52-49-46-30-27-24-21-18-15-12-9-6-3)81-75(78)69-66-63-60-57-54-51-48-44-32-29-26-23-20-17-14-11-8-5-2/h7,10,16,19,21,24-25,28,30,33-34,36-37,39-40,42-43,46-47,50,56,59,72H,4-6,8-9,11-15,17-18,20,22-23,26-27,29,31-32,35,38,41,44-45,48-49,51-55,57-58,60-71H2,1-3H3/b10-7-,19-16-,24-21-,28-25-,34-33-,37-36-,40-39-,43-42-,46-30-,50-47-,59-56-.